The molecule has 1 aromatic rings. The SMILES string of the molecule is CC1(CCNc2cc(I)ccc2C(=O)O)CC1. The zero-order valence-corrected chi connectivity index (χ0v) is 12.0. The molecule has 0 spiro atoms. The van der Waals surface area contributed by atoms with E-state index in [1.54, 1.807) is 6.07 Å². The minimum atomic E-state index is -0.874. The molecule has 0 aliphatic heterocycles. The fraction of sp³-hybridized carbons (Fsp3) is 0.462. The number of nitrogens with one attached hydrogen (secondary N) is 1. The molecule has 2 N–H and O–H groups in total. The van der Waals surface area contributed by atoms with Gasteiger partial charge in [-0.25, -0.2) is 4.79 Å². The van der Waals surface area contributed by atoms with Crippen LogP contribution in [-0.2, 0) is 0 Å². The van der Waals surface area contributed by atoms with Gasteiger partial charge in [-0.1, -0.05) is 6.92 Å². The lowest BCUT2D eigenvalue weighted by Gasteiger charge is -2.12. The minimum absolute atomic E-state index is 0.353. The van der Waals surface area contributed by atoms with E-state index in [0.29, 0.717) is 11.0 Å². The molecule has 1 fully saturated rings. The van der Waals surface area contributed by atoms with E-state index in [0.717, 1.165) is 22.2 Å². The number of aromatic carboxylic acids is 1. The number of hydrogen-bond donors (Lipinski definition) is 2. The Morgan fingerprint density at radius 3 is 2.82 bits per heavy atom. The van der Waals surface area contributed by atoms with Gasteiger partial charge in [0.25, 0.3) is 0 Å². The normalized spacial score (nSPS) is 16.6. The summed E-state index contributed by atoms with van der Waals surface area (Å²) in [6.45, 7) is 3.12. The Morgan fingerprint density at radius 2 is 2.24 bits per heavy atom. The molecule has 0 unspecified atom stereocenters. The van der Waals surface area contributed by atoms with Crippen molar-refractivity contribution in [2.24, 2.45) is 5.41 Å². The third-order valence-corrected chi connectivity index (χ3v) is 4.03. The summed E-state index contributed by atoms with van der Waals surface area (Å²) in [6.07, 6.45) is 3.71. The van der Waals surface area contributed by atoms with Crippen molar-refractivity contribution in [2.45, 2.75) is 26.2 Å². The van der Waals surface area contributed by atoms with Gasteiger partial charge in [0.1, 0.15) is 0 Å². The van der Waals surface area contributed by atoms with E-state index in [2.05, 4.69) is 34.8 Å². The molecule has 3 nitrogen and oxygen atoms in total. The molecule has 1 aliphatic carbocycles. The fourth-order valence-corrected chi connectivity index (χ4v) is 2.30. The van der Waals surface area contributed by atoms with Crippen molar-refractivity contribution in [3.63, 3.8) is 0 Å². The maximum absolute atomic E-state index is 11.1. The molecule has 2 rings (SSSR count). The maximum atomic E-state index is 11.1. The molecule has 0 atom stereocenters. The lowest BCUT2D eigenvalue weighted by molar-refractivity contribution is 0.0698. The third-order valence-electron chi connectivity index (χ3n) is 3.36. The largest absolute Gasteiger partial charge is 0.478 e. The topological polar surface area (TPSA) is 49.3 Å². The van der Waals surface area contributed by atoms with Gasteiger partial charge in [0.2, 0.25) is 0 Å². The Morgan fingerprint density at radius 1 is 1.53 bits per heavy atom. The number of benzene rings is 1. The highest BCUT2D eigenvalue weighted by Crippen LogP contribution is 2.47. The average Bonchev–Trinajstić information content (AvgIpc) is 2.96. The summed E-state index contributed by atoms with van der Waals surface area (Å²) in [5.74, 6) is -0.874. The van der Waals surface area contributed by atoms with Crippen LogP contribution in [-0.4, -0.2) is 17.6 Å². The molecule has 0 radical (unpaired) electrons. The molecule has 17 heavy (non-hydrogen) atoms. The van der Waals surface area contributed by atoms with E-state index >= 15 is 0 Å². The number of hydrogen-bond acceptors (Lipinski definition) is 2. The molecule has 4 heteroatoms. The van der Waals surface area contributed by atoms with Crippen LogP contribution in [0.1, 0.15) is 36.5 Å². The van der Waals surface area contributed by atoms with E-state index in [1.165, 1.54) is 12.8 Å². The van der Waals surface area contributed by atoms with E-state index in [1.807, 2.05) is 12.1 Å². The van der Waals surface area contributed by atoms with Crippen molar-refractivity contribution < 1.29 is 9.90 Å². The van der Waals surface area contributed by atoms with Gasteiger partial charge in [-0.05, 0) is 65.5 Å². The van der Waals surface area contributed by atoms with E-state index in [-0.39, 0.29) is 0 Å². The molecule has 0 bridgehead atoms. The number of carboxylic acids is 1. The maximum Gasteiger partial charge on any atom is 0.337 e. The van der Waals surface area contributed by atoms with E-state index in [4.69, 9.17) is 5.11 Å². The van der Waals surface area contributed by atoms with Crippen LogP contribution < -0.4 is 5.32 Å². The first kappa shape index (κ1) is 12.7. The van der Waals surface area contributed by atoms with Gasteiger partial charge in [0.05, 0.1) is 5.56 Å². The number of halogens is 1. The Bertz CT molecular complexity index is 441. The number of anilines is 1. The molecular weight excluding hydrogens is 329 g/mol. The zero-order valence-electron chi connectivity index (χ0n) is 9.79. The van der Waals surface area contributed by atoms with Crippen LogP contribution in [0.3, 0.4) is 0 Å². The van der Waals surface area contributed by atoms with Gasteiger partial charge >= 0.3 is 5.97 Å². The molecule has 1 saturated carbocycles. The van der Waals surface area contributed by atoms with Crippen molar-refractivity contribution in [1.82, 2.24) is 0 Å². The van der Waals surface area contributed by atoms with Gasteiger partial charge in [-0.3, -0.25) is 0 Å². The van der Waals surface area contributed by atoms with Gasteiger partial charge in [0, 0.05) is 15.8 Å². The quantitative estimate of drug-likeness (QED) is 0.802. The fourth-order valence-electron chi connectivity index (χ4n) is 1.81. The van der Waals surface area contributed by atoms with Crippen LogP contribution in [0.2, 0.25) is 0 Å². The van der Waals surface area contributed by atoms with Crippen LogP contribution in [0.25, 0.3) is 0 Å². The standard InChI is InChI=1S/C13H16INO2/c1-13(4-5-13)6-7-15-11-8-9(14)2-3-10(11)12(16)17/h2-3,8,15H,4-7H2,1H3,(H,16,17). The van der Waals surface area contributed by atoms with Gasteiger partial charge < -0.3 is 10.4 Å². The predicted octanol–water partition coefficient (Wildman–Crippen LogP) is 3.59. The summed E-state index contributed by atoms with van der Waals surface area (Å²) in [6, 6.07) is 5.36. The monoisotopic (exact) mass is 345 g/mol. The summed E-state index contributed by atoms with van der Waals surface area (Å²) in [5.41, 5.74) is 1.58. The van der Waals surface area contributed by atoms with Gasteiger partial charge in [-0.2, -0.15) is 0 Å². The first-order chi connectivity index (χ1) is 8.00. The van der Waals surface area contributed by atoms with Crippen molar-refractivity contribution in [3.8, 4) is 0 Å². The molecule has 0 saturated heterocycles. The van der Waals surface area contributed by atoms with Gasteiger partial charge in [0.15, 0.2) is 0 Å². The van der Waals surface area contributed by atoms with Crippen LogP contribution in [0.5, 0.6) is 0 Å². The summed E-state index contributed by atoms with van der Waals surface area (Å²) < 4.78 is 1.05. The van der Waals surface area contributed by atoms with Crippen molar-refractivity contribution in [1.29, 1.82) is 0 Å². The predicted molar refractivity (Wildman–Crippen MR) is 76.6 cm³/mol. The Kier molecular flexibility index (Phi) is 3.61. The van der Waals surface area contributed by atoms with E-state index < -0.39 is 5.97 Å². The molecule has 1 aromatic carbocycles. The number of carboxylic acid groups (broad SMARTS) is 1. The summed E-state index contributed by atoms with van der Waals surface area (Å²) in [4.78, 5) is 11.1. The summed E-state index contributed by atoms with van der Waals surface area (Å²) in [7, 11) is 0. The Hall–Kier alpha value is -0.780. The van der Waals surface area contributed by atoms with Crippen LogP contribution >= 0.6 is 22.6 Å². The smallest absolute Gasteiger partial charge is 0.337 e. The number of rotatable bonds is 5. The Labute approximate surface area is 115 Å². The second-order valence-electron chi connectivity index (χ2n) is 4.98. The summed E-state index contributed by atoms with van der Waals surface area (Å²) in [5, 5.41) is 12.3. The first-order valence-electron chi connectivity index (χ1n) is 5.77. The highest BCUT2D eigenvalue weighted by atomic mass is 127. The highest BCUT2D eigenvalue weighted by molar-refractivity contribution is 14.1. The van der Waals surface area contributed by atoms with Crippen molar-refractivity contribution in [2.75, 3.05) is 11.9 Å². The number of carbonyl (C=O) groups is 1. The second-order valence-corrected chi connectivity index (χ2v) is 6.23. The zero-order chi connectivity index (χ0) is 12.5. The molecule has 0 heterocycles. The third kappa shape index (κ3) is 3.34. The van der Waals surface area contributed by atoms with Crippen molar-refractivity contribution >= 4 is 34.2 Å². The molecule has 1 aliphatic rings. The highest BCUT2D eigenvalue weighted by Gasteiger charge is 2.36. The molecule has 92 valence electrons. The Balaban J connectivity index is 2.02. The van der Waals surface area contributed by atoms with Crippen LogP contribution in [0.15, 0.2) is 18.2 Å². The molecule has 0 aromatic heterocycles. The lowest BCUT2D eigenvalue weighted by Crippen LogP contribution is -2.10. The summed E-state index contributed by atoms with van der Waals surface area (Å²) >= 11 is 2.19. The minimum Gasteiger partial charge on any atom is -0.478 e. The van der Waals surface area contributed by atoms with Gasteiger partial charge in [-0.15, -0.1) is 0 Å². The first-order valence-corrected chi connectivity index (χ1v) is 6.85. The average molecular weight is 345 g/mol. The molecule has 0 amide bonds. The lowest BCUT2D eigenvalue weighted by atomic mass is 10.1. The second kappa shape index (κ2) is 4.84. The van der Waals surface area contributed by atoms with Crippen molar-refractivity contribution in [3.05, 3.63) is 27.3 Å². The van der Waals surface area contributed by atoms with Crippen LogP contribution in [0, 0.1) is 8.99 Å². The van der Waals surface area contributed by atoms with E-state index in [9.17, 15) is 4.79 Å². The molecular formula is C13H16INO2. The van der Waals surface area contributed by atoms with Crippen LogP contribution in [0.4, 0.5) is 5.69 Å².